The Morgan fingerprint density at radius 3 is 3.06 bits per heavy atom. The molecular weight excluding hydrogens is 210 g/mol. The van der Waals surface area contributed by atoms with Crippen molar-refractivity contribution < 1.29 is 4.74 Å². The minimum Gasteiger partial charge on any atom is -0.370 e. The summed E-state index contributed by atoms with van der Waals surface area (Å²) in [7, 11) is 0. The fraction of sp³-hybridized carbons (Fsp3) is 0.600. The van der Waals surface area contributed by atoms with Crippen LogP contribution in [0.1, 0.15) is 6.92 Å². The lowest BCUT2D eigenvalue weighted by Gasteiger charge is -2.46. The highest BCUT2D eigenvalue weighted by molar-refractivity contribution is 5.42. The zero-order valence-electron chi connectivity index (χ0n) is 9.02. The first-order valence-electron chi connectivity index (χ1n) is 5.31. The van der Waals surface area contributed by atoms with E-state index in [0.717, 1.165) is 13.1 Å². The van der Waals surface area contributed by atoms with Crippen LogP contribution >= 0.6 is 0 Å². The zero-order valence-corrected chi connectivity index (χ0v) is 9.02. The summed E-state index contributed by atoms with van der Waals surface area (Å²) in [5.74, 6) is 0.703. The molecule has 2 bridgehead atoms. The molecule has 0 unspecified atom stereocenters. The van der Waals surface area contributed by atoms with Crippen molar-refractivity contribution in [3.05, 3.63) is 26.9 Å². The third-order valence-electron chi connectivity index (χ3n) is 3.17. The average molecular weight is 223 g/mol. The maximum Gasteiger partial charge on any atom is 0.330 e. The molecule has 0 spiro atoms. The third kappa shape index (κ3) is 1.30. The molecular formula is C10H13N3O3. The molecule has 1 atom stereocenters. The molecule has 0 saturated carbocycles. The number of fused-ring (bicyclic) bond motifs is 4. The number of H-pyrrole nitrogens is 1. The monoisotopic (exact) mass is 223 g/mol. The predicted octanol–water partition coefficient (Wildman–Crippen LogP) is -0.854. The number of anilines is 1. The summed E-state index contributed by atoms with van der Waals surface area (Å²) in [6, 6.07) is 1.48. The van der Waals surface area contributed by atoms with Gasteiger partial charge in [-0.1, -0.05) is 0 Å². The first-order chi connectivity index (χ1) is 7.57. The number of hydrogen-bond acceptors (Lipinski definition) is 4. The Kier molecular flexibility index (Phi) is 1.79. The Hall–Kier alpha value is -1.56. The lowest BCUT2D eigenvalue weighted by Crippen LogP contribution is -2.59. The van der Waals surface area contributed by atoms with Crippen LogP contribution < -0.4 is 16.1 Å². The molecule has 1 saturated heterocycles. The standard InChI is InChI=1S/C10H13N3O3/c1-10-5-12(2-3-16-10)8-4-7(14)11-9(15)13(8)6-10/h4H,2-3,5-6H2,1H3,(H,11,14,15)/t10-/m0/s1. The third-order valence-corrected chi connectivity index (χ3v) is 3.17. The van der Waals surface area contributed by atoms with Gasteiger partial charge >= 0.3 is 5.69 Å². The Labute approximate surface area is 91.5 Å². The molecule has 0 aliphatic carbocycles. The molecule has 2 aliphatic rings. The first-order valence-corrected chi connectivity index (χ1v) is 5.31. The van der Waals surface area contributed by atoms with E-state index in [9.17, 15) is 9.59 Å². The van der Waals surface area contributed by atoms with E-state index < -0.39 is 0 Å². The largest absolute Gasteiger partial charge is 0.370 e. The molecule has 3 rings (SSSR count). The van der Waals surface area contributed by atoms with E-state index in [0.29, 0.717) is 19.0 Å². The van der Waals surface area contributed by atoms with E-state index in [1.165, 1.54) is 6.07 Å². The molecule has 1 aromatic heterocycles. The van der Waals surface area contributed by atoms with Gasteiger partial charge in [-0.2, -0.15) is 0 Å². The second-order valence-corrected chi connectivity index (χ2v) is 4.60. The van der Waals surface area contributed by atoms with Gasteiger partial charge in [0.05, 0.1) is 13.2 Å². The van der Waals surface area contributed by atoms with Gasteiger partial charge in [0, 0.05) is 19.2 Å². The maximum absolute atomic E-state index is 11.7. The molecule has 1 fully saturated rings. The molecule has 1 N–H and O–H groups in total. The molecule has 86 valence electrons. The van der Waals surface area contributed by atoms with E-state index in [2.05, 4.69) is 4.98 Å². The van der Waals surface area contributed by atoms with Gasteiger partial charge in [-0.05, 0) is 6.92 Å². The second-order valence-electron chi connectivity index (χ2n) is 4.60. The molecule has 0 aromatic carbocycles. The van der Waals surface area contributed by atoms with E-state index in [1.54, 1.807) is 4.57 Å². The van der Waals surface area contributed by atoms with Crippen LogP contribution in [0.5, 0.6) is 0 Å². The lowest BCUT2D eigenvalue weighted by atomic mass is 10.0. The van der Waals surface area contributed by atoms with Gasteiger partial charge < -0.3 is 9.64 Å². The molecule has 0 radical (unpaired) electrons. The minimum absolute atomic E-state index is 0.326. The summed E-state index contributed by atoms with van der Waals surface area (Å²) in [4.78, 5) is 27.3. The molecule has 16 heavy (non-hydrogen) atoms. The van der Waals surface area contributed by atoms with Gasteiger partial charge in [0.15, 0.2) is 0 Å². The topological polar surface area (TPSA) is 67.3 Å². The van der Waals surface area contributed by atoms with Crippen LogP contribution in [0.25, 0.3) is 0 Å². The van der Waals surface area contributed by atoms with Crippen LogP contribution in [0.4, 0.5) is 5.82 Å². The Balaban J connectivity index is 2.22. The number of morpholine rings is 1. The number of hydrogen-bond donors (Lipinski definition) is 1. The smallest absolute Gasteiger partial charge is 0.330 e. The van der Waals surface area contributed by atoms with Crippen molar-refractivity contribution in [2.45, 2.75) is 19.1 Å². The van der Waals surface area contributed by atoms with Crippen LogP contribution in [0.2, 0.25) is 0 Å². The van der Waals surface area contributed by atoms with Crippen molar-refractivity contribution in [1.82, 2.24) is 9.55 Å². The molecule has 1 aromatic rings. The van der Waals surface area contributed by atoms with E-state index in [1.807, 2.05) is 11.8 Å². The van der Waals surface area contributed by atoms with Crippen LogP contribution in [0.15, 0.2) is 15.7 Å². The van der Waals surface area contributed by atoms with Crippen molar-refractivity contribution in [3.63, 3.8) is 0 Å². The fourth-order valence-corrected chi connectivity index (χ4v) is 2.48. The van der Waals surface area contributed by atoms with Crippen molar-refractivity contribution in [3.8, 4) is 0 Å². The number of aromatic nitrogens is 2. The second kappa shape index (κ2) is 2.98. The number of ether oxygens (including phenoxy) is 1. The van der Waals surface area contributed by atoms with Gasteiger partial charge in [-0.15, -0.1) is 0 Å². The molecule has 6 heteroatoms. The number of nitrogens with one attached hydrogen (secondary N) is 1. The summed E-state index contributed by atoms with van der Waals surface area (Å²) in [6.45, 7) is 4.57. The van der Waals surface area contributed by atoms with Crippen molar-refractivity contribution in [2.75, 3.05) is 24.6 Å². The predicted molar refractivity (Wildman–Crippen MR) is 57.9 cm³/mol. The quantitative estimate of drug-likeness (QED) is 0.622. The summed E-state index contributed by atoms with van der Waals surface area (Å²) in [6.07, 6.45) is 0. The van der Waals surface area contributed by atoms with Crippen molar-refractivity contribution in [1.29, 1.82) is 0 Å². The van der Waals surface area contributed by atoms with Gasteiger partial charge in [-0.3, -0.25) is 14.3 Å². The van der Waals surface area contributed by atoms with E-state index in [-0.39, 0.29) is 16.9 Å². The summed E-state index contributed by atoms with van der Waals surface area (Å²) >= 11 is 0. The Morgan fingerprint density at radius 2 is 2.25 bits per heavy atom. The average Bonchev–Trinajstić information content (AvgIpc) is 2.20. The highest BCUT2D eigenvalue weighted by Gasteiger charge is 2.38. The maximum atomic E-state index is 11.7. The van der Waals surface area contributed by atoms with Gasteiger partial charge in [-0.25, -0.2) is 4.79 Å². The summed E-state index contributed by atoms with van der Waals surface area (Å²) in [5, 5.41) is 0. The normalized spacial score (nSPS) is 27.7. The van der Waals surface area contributed by atoms with Crippen LogP contribution in [0, 0.1) is 0 Å². The minimum atomic E-state index is -0.357. The highest BCUT2D eigenvalue weighted by atomic mass is 16.5. The molecule has 3 heterocycles. The summed E-state index contributed by atoms with van der Waals surface area (Å²) < 4.78 is 7.26. The van der Waals surface area contributed by atoms with E-state index in [4.69, 9.17) is 4.74 Å². The Morgan fingerprint density at radius 1 is 1.44 bits per heavy atom. The van der Waals surface area contributed by atoms with Gasteiger partial charge in [0.2, 0.25) is 0 Å². The summed E-state index contributed by atoms with van der Waals surface area (Å²) in [5.41, 5.74) is -1.02. The fourth-order valence-electron chi connectivity index (χ4n) is 2.48. The van der Waals surface area contributed by atoms with Crippen LogP contribution in [-0.2, 0) is 11.3 Å². The number of rotatable bonds is 0. The molecule has 6 nitrogen and oxygen atoms in total. The van der Waals surface area contributed by atoms with Crippen LogP contribution in [0.3, 0.4) is 0 Å². The molecule has 0 amide bonds. The van der Waals surface area contributed by atoms with Gasteiger partial charge in [0.1, 0.15) is 11.4 Å². The van der Waals surface area contributed by atoms with Gasteiger partial charge in [0.25, 0.3) is 5.56 Å². The number of nitrogens with zero attached hydrogens (tertiary/aromatic N) is 2. The van der Waals surface area contributed by atoms with Crippen molar-refractivity contribution in [2.24, 2.45) is 0 Å². The number of aromatic amines is 1. The Bertz CT molecular complexity index is 547. The highest BCUT2D eigenvalue weighted by Crippen LogP contribution is 2.28. The van der Waals surface area contributed by atoms with Crippen LogP contribution in [-0.4, -0.2) is 34.8 Å². The lowest BCUT2D eigenvalue weighted by molar-refractivity contribution is -0.0618. The van der Waals surface area contributed by atoms with E-state index >= 15 is 0 Å². The SMILES string of the molecule is C[C@@]12CN(CCO1)c1cc(=O)[nH]c(=O)n1C2. The van der Waals surface area contributed by atoms with Crippen molar-refractivity contribution >= 4 is 5.82 Å². The zero-order chi connectivity index (χ0) is 11.3. The first kappa shape index (κ1) is 9.65. The molecule has 2 aliphatic heterocycles.